The molecule has 0 spiro atoms. The van der Waals surface area contributed by atoms with Crippen molar-refractivity contribution in [1.29, 1.82) is 0 Å². The van der Waals surface area contributed by atoms with Gasteiger partial charge >= 0.3 is 0 Å². The van der Waals surface area contributed by atoms with Crippen LogP contribution in [0.2, 0.25) is 5.02 Å². The fourth-order valence-electron chi connectivity index (χ4n) is 2.29. The topological polar surface area (TPSA) is 58.6 Å². The average molecular weight is 325 g/mol. The molecule has 1 aliphatic heterocycles. The van der Waals surface area contributed by atoms with Crippen molar-refractivity contribution in [2.75, 3.05) is 26.2 Å². The van der Waals surface area contributed by atoms with Gasteiger partial charge in [-0.2, -0.15) is 0 Å². The monoisotopic (exact) mass is 324 g/mol. The smallest absolute Gasteiger partial charge is 0.222 e. The lowest BCUT2D eigenvalue weighted by Gasteiger charge is -2.19. The highest BCUT2D eigenvalue weighted by atomic mass is 35.5. The van der Waals surface area contributed by atoms with Gasteiger partial charge in [0.1, 0.15) is 5.75 Å². The Bertz CT molecular complexity index is 548. The van der Waals surface area contributed by atoms with Crippen LogP contribution in [-0.4, -0.2) is 43.0 Å². The van der Waals surface area contributed by atoms with Crippen LogP contribution in [0.25, 0.3) is 0 Å². The lowest BCUT2D eigenvalue weighted by molar-refractivity contribution is -0.131. The predicted octanol–water partition coefficient (Wildman–Crippen LogP) is 2.16. The number of ether oxygens (including phenoxy) is 1. The van der Waals surface area contributed by atoms with Crippen molar-refractivity contribution in [3.8, 4) is 5.75 Å². The lowest BCUT2D eigenvalue weighted by atomic mass is 10.2. The second kappa shape index (κ2) is 8.03. The number of benzene rings is 1. The van der Waals surface area contributed by atoms with Gasteiger partial charge in [-0.1, -0.05) is 11.6 Å². The van der Waals surface area contributed by atoms with E-state index in [-0.39, 0.29) is 11.8 Å². The number of amides is 2. The van der Waals surface area contributed by atoms with Crippen LogP contribution in [0, 0.1) is 6.92 Å². The number of halogens is 1. The maximum Gasteiger partial charge on any atom is 0.222 e. The molecule has 0 atom stereocenters. The van der Waals surface area contributed by atoms with Crippen molar-refractivity contribution >= 4 is 23.4 Å². The van der Waals surface area contributed by atoms with E-state index in [4.69, 9.17) is 16.3 Å². The quantitative estimate of drug-likeness (QED) is 0.844. The molecule has 0 unspecified atom stereocenters. The Labute approximate surface area is 135 Å². The van der Waals surface area contributed by atoms with Crippen LogP contribution in [0.4, 0.5) is 0 Å². The third-order valence-corrected chi connectivity index (χ3v) is 4.02. The Morgan fingerprint density at radius 3 is 3.00 bits per heavy atom. The standard InChI is InChI=1S/C16H21ClN2O3/c1-12-11-13(4-5-14(12)17)22-10-2-3-16(21)19-8-6-15(20)18-7-9-19/h4-5,11H,2-3,6-10H2,1H3,(H,18,20). The van der Waals surface area contributed by atoms with Crippen LogP contribution in [0.1, 0.15) is 24.8 Å². The van der Waals surface area contributed by atoms with E-state index in [1.807, 2.05) is 19.1 Å². The van der Waals surface area contributed by atoms with E-state index >= 15 is 0 Å². The number of carbonyl (C=O) groups excluding carboxylic acids is 2. The van der Waals surface area contributed by atoms with Crippen molar-refractivity contribution < 1.29 is 14.3 Å². The highest BCUT2D eigenvalue weighted by molar-refractivity contribution is 6.31. The van der Waals surface area contributed by atoms with Gasteiger partial charge < -0.3 is 15.0 Å². The van der Waals surface area contributed by atoms with E-state index in [1.165, 1.54) is 0 Å². The Kier molecular flexibility index (Phi) is 6.07. The average Bonchev–Trinajstić information content (AvgIpc) is 2.72. The number of hydrogen-bond acceptors (Lipinski definition) is 3. The molecule has 1 heterocycles. The van der Waals surface area contributed by atoms with Gasteiger partial charge in [-0.25, -0.2) is 0 Å². The van der Waals surface area contributed by atoms with Crippen molar-refractivity contribution in [3.05, 3.63) is 28.8 Å². The van der Waals surface area contributed by atoms with E-state index in [0.717, 1.165) is 11.3 Å². The van der Waals surface area contributed by atoms with Gasteiger partial charge in [-0.05, 0) is 37.1 Å². The summed E-state index contributed by atoms with van der Waals surface area (Å²) in [6, 6.07) is 5.51. The fraction of sp³-hybridized carbons (Fsp3) is 0.500. The van der Waals surface area contributed by atoms with Gasteiger partial charge in [0.25, 0.3) is 0 Å². The van der Waals surface area contributed by atoms with Gasteiger partial charge in [0.2, 0.25) is 11.8 Å². The lowest BCUT2D eigenvalue weighted by Crippen LogP contribution is -2.34. The van der Waals surface area contributed by atoms with Crippen molar-refractivity contribution in [2.24, 2.45) is 0 Å². The summed E-state index contributed by atoms with van der Waals surface area (Å²) in [6.07, 6.45) is 1.46. The number of rotatable bonds is 5. The molecule has 6 heteroatoms. The van der Waals surface area contributed by atoms with Gasteiger partial charge in [-0.3, -0.25) is 9.59 Å². The molecule has 0 saturated carbocycles. The van der Waals surface area contributed by atoms with Gasteiger partial charge in [-0.15, -0.1) is 0 Å². The first-order valence-electron chi connectivity index (χ1n) is 7.49. The first-order chi connectivity index (χ1) is 10.6. The molecule has 0 bridgehead atoms. The van der Waals surface area contributed by atoms with E-state index < -0.39 is 0 Å². The van der Waals surface area contributed by atoms with E-state index in [1.54, 1.807) is 11.0 Å². The zero-order chi connectivity index (χ0) is 15.9. The van der Waals surface area contributed by atoms with E-state index in [9.17, 15) is 9.59 Å². The van der Waals surface area contributed by atoms with E-state index in [0.29, 0.717) is 50.5 Å². The van der Waals surface area contributed by atoms with Crippen LogP contribution >= 0.6 is 11.6 Å². The number of nitrogens with zero attached hydrogens (tertiary/aromatic N) is 1. The Morgan fingerprint density at radius 1 is 1.41 bits per heavy atom. The minimum Gasteiger partial charge on any atom is -0.494 e. The second-order valence-electron chi connectivity index (χ2n) is 5.34. The van der Waals surface area contributed by atoms with Crippen LogP contribution in [0.15, 0.2) is 18.2 Å². The Morgan fingerprint density at radius 2 is 2.23 bits per heavy atom. The first-order valence-corrected chi connectivity index (χ1v) is 7.87. The molecule has 2 rings (SSSR count). The zero-order valence-corrected chi connectivity index (χ0v) is 13.5. The molecule has 120 valence electrons. The summed E-state index contributed by atoms with van der Waals surface area (Å²) >= 11 is 5.96. The third kappa shape index (κ3) is 4.91. The van der Waals surface area contributed by atoms with Crippen molar-refractivity contribution in [1.82, 2.24) is 10.2 Å². The molecule has 5 nitrogen and oxygen atoms in total. The van der Waals surface area contributed by atoms with Gasteiger partial charge in [0, 0.05) is 37.5 Å². The Hall–Kier alpha value is -1.75. The molecule has 22 heavy (non-hydrogen) atoms. The predicted molar refractivity (Wildman–Crippen MR) is 85.1 cm³/mol. The summed E-state index contributed by atoms with van der Waals surface area (Å²) in [5.74, 6) is 0.850. The van der Waals surface area contributed by atoms with E-state index in [2.05, 4.69) is 5.32 Å². The highest BCUT2D eigenvalue weighted by Gasteiger charge is 2.17. The summed E-state index contributed by atoms with van der Waals surface area (Å²) in [4.78, 5) is 25.1. The molecule has 0 aliphatic carbocycles. The first kappa shape index (κ1) is 16.6. The molecule has 0 radical (unpaired) electrons. The zero-order valence-electron chi connectivity index (χ0n) is 12.7. The molecule has 1 aromatic carbocycles. The molecular weight excluding hydrogens is 304 g/mol. The second-order valence-corrected chi connectivity index (χ2v) is 5.75. The molecule has 0 aromatic heterocycles. The summed E-state index contributed by atoms with van der Waals surface area (Å²) in [7, 11) is 0. The summed E-state index contributed by atoms with van der Waals surface area (Å²) in [5, 5.41) is 3.47. The van der Waals surface area contributed by atoms with Gasteiger partial charge in [0.05, 0.1) is 6.61 Å². The van der Waals surface area contributed by atoms with Crippen LogP contribution in [0.3, 0.4) is 0 Å². The molecule has 1 aliphatic rings. The van der Waals surface area contributed by atoms with Crippen LogP contribution in [-0.2, 0) is 9.59 Å². The molecule has 1 saturated heterocycles. The molecular formula is C16H21ClN2O3. The SMILES string of the molecule is Cc1cc(OCCCC(=O)N2CCNC(=O)CC2)ccc1Cl. The molecule has 2 amide bonds. The summed E-state index contributed by atoms with van der Waals surface area (Å²) < 4.78 is 5.63. The molecule has 1 aromatic rings. The maximum atomic E-state index is 12.1. The minimum absolute atomic E-state index is 0.0109. The Balaban J connectivity index is 1.70. The maximum absolute atomic E-state index is 12.1. The fourth-order valence-corrected chi connectivity index (χ4v) is 2.41. The number of aryl methyl sites for hydroxylation is 1. The van der Waals surface area contributed by atoms with Crippen LogP contribution in [0.5, 0.6) is 5.75 Å². The van der Waals surface area contributed by atoms with Crippen LogP contribution < -0.4 is 10.1 Å². The van der Waals surface area contributed by atoms with Crippen molar-refractivity contribution in [3.63, 3.8) is 0 Å². The summed E-state index contributed by atoms with van der Waals surface area (Å²) in [5.41, 5.74) is 0.969. The third-order valence-electron chi connectivity index (χ3n) is 3.60. The number of hydrogen-bond donors (Lipinski definition) is 1. The molecule has 1 N–H and O–H groups in total. The van der Waals surface area contributed by atoms with Gasteiger partial charge in [0.15, 0.2) is 0 Å². The summed E-state index contributed by atoms with van der Waals surface area (Å²) in [6.45, 7) is 4.03. The highest BCUT2D eigenvalue weighted by Crippen LogP contribution is 2.21. The number of carbonyl (C=O) groups is 2. The normalized spacial score (nSPS) is 15.2. The molecule has 1 fully saturated rings. The largest absolute Gasteiger partial charge is 0.494 e. The number of nitrogens with one attached hydrogen (secondary N) is 1. The van der Waals surface area contributed by atoms with Crippen molar-refractivity contribution in [2.45, 2.75) is 26.2 Å². The minimum atomic E-state index is 0.0109.